The van der Waals surface area contributed by atoms with Gasteiger partial charge in [-0.05, 0) is 38.1 Å². The number of rotatable bonds is 13. The average Bonchev–Trinajstić information content (AvgIpc) is 2.74. The fourth-order valence-electron chi connectivity index (χ4n) is 2.86. The first-order valence-electron chi connectivity index (χ1n) is 10.5. The largest absolute Gasteiger partial charge is 0.323 e. The lowest BCUT2D eigenvalue weighted by molar-refractivity contribution is -0.109. The molecule has 0 amide bonds. The standard InChI is InChI=1S/C22H29O8PS3/c1-18-4-8-21(9-5-18)33(25,26)29-12-14-31(24,16-17-32-20(3)23)15-13-30-34(27,28)22-10-6-19(2)7-11-22/h4-11H,12-17H2,1-3H3. The van der Waals surface area contributed by atoms with E-state index in [0.717, 1.165) is 22.9 Å². The Morgan fingerprint density at radius 1 is 0.765 bits per heavy atom. The van der Waals surface area contributed by atoms with Gasteiger partial charge in [-0.1, -0.05) is 47.2 Å². The van der Waals surface area contributed by atoms with Gasteiger partial charge in [0.1, 0.15) is 0 Å². The molecular formula is C22H29O8PS3. The maximum Gasteiger partial charge on any atom is 0.296 e. The molecule has 8 nitrogen and oxygen atoms in total. The smallest absolute Gasteiger partial charge is 0.296 e. The molecule has 0 aliphatic heterocycles. The van der Waals surface area contributed by atoms with Crippen LogP contribution in [-0.4, -0.2) is 59.4 Å². The monoisotopic (exact) mass is 548 g/mol. The summed E-state index contributed by atoms with van der Waals surface area (Å²) in [6.07, 6.45) is -0.0614. The molecule has 0 aliphatic rings. The Labute approximate surface area is 206 Å². The number of aryl methyl sites for hydroxylation is 2. The molecule has 0 unspecified atom stereocenters. The molecule has 2 rings (SSSR count). The molecule has 0 N–H and O–H groups in total. The van der Waals surface area contributed by atoms with Crippen LogP contribution in [0.2, 0.25) is 0 Å². The van der Waals surface area contributed by atoms with Gasteiger partial charge in [-0.3, -0.25) is 13.2 Å². The van der Waals surface area contributed by atoms with Crippen molar-refractivity contribution in [3.05, 3.63) is 59.7 Å². The third-order valence-electron chi connectivity index (χ3n) is 4.90. The van der Waals surface area contributed by atoms with Crippen molar-refractivity contribution in [2.24, 2.45) is 0 Å². The van der Waals surface area contributed by atoms with Crippen molar-refractivity contribution in [1.29, 1.82) is 0 Å². The molecule has 0 aromatic heterocycles. The summed E-state index contributed by atoms with van der Waals surface area (Å²) in [4.78, 5) is 11.2. The first kappa shape index (κ1) is 28.7. The van der Waals surface area contributed by atoms with Crippen LogP contribution in [-0.2, 0) is 38.0 Å². The number of hydrogen-bond donors (Lipinski definition) is 0. The summed E-state index contributed by atoms with van der Waals surface area (Å²) in [5.41, 5.74) is 1.79. The van der Waals surface area contributed by atoms with E-state index in [2.05, 4.69) is 0 Å². The van der Waals surface area contributed by atoms with Crippen molar-refractivity contribution < 1.29 is 34.6 Å². The highest BCUT2D eigenvalue weighted by Gasteiger charge is 2.26. The van der Waals surface area contributed by atoms with Gasteiger partial charge in [-0.2, -0.15) is 16.8 Å². The normalized spacial score (nSPS) is 12.6. The van der Waals surface area contributed by atoms with Gasteiger partial charge in [0, 0.05) is 31.2 Å². The van der Waals surface area contributed by atoms with Gasteiger partial charge in [0.15, 0.2) is 5.12 Å². The van der Waals surface area contributed by atoms with Crippen molar-refractivity contribution in [3.63, 3.8) is 0 Å². The summed E-state index contributed by atoms with van der Waals surface area (Å²) in [6, 6.07) is 12.3. The third kappa shape index (κ3) is 9.28. The molecule has 2 aromatic carbocycles. The summed E-state index contributed by atoms with van der Waals surface area (Å²) in [6.45, 7) is 4.39. The van der Waals surface area contributed by atoms with Crippen LogP contribution < -0.4 is 0 Å². The third-order valence-corrected chi connectivity index (χ3v) is 11.7. The summed E-state index contributed by atoms with van der Waals surface area (Å²) < 4.78 is 73.2. The molecule has 12 heteroatoms. The van der Waals surface area contributed by atoms with Crippen molar-refractivity contribution in [2.45, 2.75) is 30.6 Å². The predicted octanol–water partition coefficient (Wildman–Crippen LogP) is 4.06. The van der Waals surface area contributed by atoms with Crippen LogP contribution in [0.4, 0.5) is 0 Å². The number of carbonyl (C=O) groups excluding carboxylic acids is 1. The fourth-order valence-corrected chi connectivity index (χ4v) is 8.43. The van der Waals surface area contributed by atoms with E-state index in [1.165, 1.54) is 31.2 Å². The Morgan fingerprint density at radius 3 is 1.50 bits per heavy atom. The van der Waals surface area contributed by atoms with Crippen LogP contribution in [0.3, 0.4) is 0 Å². The van der Waals surface area contributed by atoms with Crippen LogP contribution >= 0.6 is 18.9 Å². The zero-order valence-corrected chi connectivity index (χ0v) is 22.6. The second-order valence-corrected chi connectivity index (χ2v) is 15.7. The number of hydrogen-bond acceptors (Lipinski definition) is 9. The van der Waals surface area contributed by atoms with Crippen LogP contribution in [0.25, 0.3) is 0 Å². The second-order valence-electron chi connectivity index (χ2n) is 7.75. The summed E-state index contributed by atoms with van der Waals surface area (Å²) in [7, 11) is -11.1. The Balaban J connectivity index is 2.01. The van der Waals surface area contributed by atoms with Crippen molar-refractivity contribution in [1.82, 2.24) is 0 Å². The molecule has 0 saturated heterocycles. The quantitative estimate of drug-likeness (QED) is 0.269. The SMILES string of the molecule is CC(=O)SCCP(=O)(CCOS(=O)(=O)c1ccc(C)cc1)CCOS(=O)(=O)c1ccc(C)cc1. The highest BCUT2D eigenvalue weighted by atomic mass is 32.2. The van der Waals surface area contributed by atoms with Gasteiger partial charge in [0.05, 0.1) is 30.1 Å². The van der Waals surface area contributed by atoms with Gasteiger partial charge in [-0.25, -0.2) is 0 Å². The molecule has 34 heavy (non-hydrogen) atoms. The molecule has 2 aromatic rings. The molecule has 0 aliphatic carbocycles. The minimum atomic E-state index is -4.02. The topological polar surface area (TPSA) is 121 Å². The van der Waals surface area contributed by atoms with E-state index >= 15 is 0 Å². The molecule has 0 heterocycles. The van der Waals surface area contributed by atoms with Crippen molar-refractivity contribution in [2.75, 3.05) is 37.5 Å². The molecule has 0 saturated carbocycles. The summed E-state index contributed by atoms with van der Waals surface area (Å²) in [5, 5.41) is -0.136. The molecular weight excluding hydrogens is 519 g/mol. The van der Waals surface area contributed by atoms with Crippen LogP contribution in [0.1, 0.15) is 18.1 Å². The Hall–Kier alpha value is -1.49. The van der Waals surface area contributed by atoms with E-state index < -0.39 is 27.4 Å². The van der Waals surface area contributed by atoms with Crippen LogP contribution in [0, 0.1) is 13.8 Å². The van der Waals surface area contributed by atoms with Crippen molar-refractivity contribution in [3.8, 4) is 0 Å². The molecule has 0 atom stereocenters. The number of thioether (sulfide) groups is 1. The van der Waals surface area contributed by atoms with E-state index in [9.17, 15) is 26.2 Å². The lowest BCUT2D eigenvalue weighted by atomic mass is 10.2. The predicted molar refractivity (Wildman–Crippen MR) is 134 cm³/mol. The Bertz CT molecular complexity index is 1140. The summed E-state index contributed by atoms with van der Waals surface area (Å²) >= 11 is 1.00. The summed E-state index contributed by atoms with van der Waals surface area (Å²) in [5.74, 6) is 0.266. The van der Waals surface area contributed by atoms with Gasteiger partial charge >= 0.3 is 0 Å². The van der Waals surface area contributed by atoms with Crippen LogP contribution in [0.5, 0.6) is 0 Å². The van der Waals surface area contributed by atoms with Crippen molar-refractivity contribution >= 4 is 44.3 Å². The van der Waals surface area contributed by atoms with Crippen LogP contribution in [0.15, 0.2) is 58.3 Å². The zero-order chi connectivity index (χ0) is 25.4. The van der Waals surface area contributed by atoms with Gasteiger partial charge in [0.2, 0.25) is 0 Å². The van der Waals surface area contributed by atoms with Gasteiger partial charge in [0.25, 0.3) is 20.2 Å². The maximum absolute atomic E-state index is 13.5. The number of carbonyl (C=O) groups is 1. The van der Waals surface area contributed by atoms with E-state index in [1.54, 1.807) is 24.3 Å². The molecule has 0 fully saturated rings. The van der Waals surface area contributed by atoms with E-state index in [0.29, 0.717) is 0 Å². The van der Waals surface area contributed by atoms with E-state index in [1.807, 2.05) is 13.8 Å². The number of benzene rings is 2. The average molecular weight is 549 g/mol. The first-order chi connectivity index (χ1) is 15.8. The first-order valence-corrected chi connectivity index (χ1v) is 16.5. The molecule has 188 valence electrons. The molecule has 0 spiro atoms. The lowest BCUT2D eigenvalue weighted by Crippen LogP contribution is -2.16. The van der Waals surface area contributed by atoms with Gasteiger partial charge < -0.3 is 4.57 Å². The fraction of sp³-hybridized carbons (Fsp3) is 0.409. The maximum atomic E-state index is 13.5. The Morgan fingerprint density at radius 2 is 1.15 bits per heavy atom. The van der Waals surface area contributed by atoms with Gasteiger partial charge in [-0.15, -0.1) is 0 Å². The van der Waals surface area contributed by atoms with E-state index in [4.69, 9.17) is 8.37 Å². The lowest BCUT2D eigenvalue weighted by Gasteiger charge is -2.18. The van der Waals surface area contributed by atoms with E-state index in [-0.39, 0.29) is 52.4 Å². The highest BCUT2D eigenvalue weighted by Crippen LogP contribution is 2.45. The second kappa shape index (κ2) is 12.5. The highest BCUT2D eigenvalue weighted by molar-refractivity contribution is 8.13. The minimum absolute atomic E-state index is 0.00686. The molecule has 0 bridgehead atoms. The Kier molecular flexibility index (Phi) is 10.5. The zero-order valence-electron chi connectivity index (χ0n) is 19.3. The minimum Gasteiger partial charge on any atom is -0.323 e. The molecule has 0 radical (unpaired) electrons.